The fourth-order valence-electron chi connectivity index (χ4n) is 2.92. The van der Waals surface area contributed by atoms with Gasteiger partial charge in [-0.25, -0.2) is 8.42 Å². The predicted molar refractivity (Wildman–Crippen MR) is 125 cm³/mol. The Morgan fingerprint density at radius 3 is 2.00 bits per heavy atom. The van der Waals surface area contributed by atoms with Crippen LogP contribution in [-0.4, -0.2) is 27.5 Å². The molecule has 0 bridgehead atoms. The average molecular weight is 455 g/mol. The summed E-state index contributed by atoms with van der Waals surface area (Å²) in [7, 11) is -2.16. The molecule has 0 heterocycles. The summed E-state index contributed by atoms with van der Waals surface area (Å²) in [4.78, 5) is 12.7. The molecule has 3 aromatic carbocycles. The molecule has 0 aliphatic rings. The predicted octanol–water partition coefficient (Wildman–Crippen LogP) is 4.60. The molecule has 168 valence electrons. The number of sulfonamides is 1. The molecule has 0 aliphatic carbocycles. The van der Waals surface area contributed by atoms with E-state index in [2.05, 4.69) is 10.0 Å². The molecule has 0 saturated carbocycles. The molecule has 3 rings (SSSR count). The van der Waals surface area contributed by atoms with Gasteiger partial charge in [0.1, 0.15) is 11.5 Å². The van der Waals surface area contributed by atoms with Gasteiger partial charge in [-0.1, -0.05) is 24.6 Å². The second kappa shape index (κ2) is 10.2. The summed E-state index contributed by atoms with van der Waals surface area (Å²) in [6, 6.07) is 20.0. The molecule has 0 fully saturated rings. The van der Waals surface area contributed by atoms with Crippen molar-refractivity contribution in [3.63, 3.8) is 0 Å². The first-order valence-corrected chi connectivity index (χ1v) is 11.6. The van der Waals surface area contributed by atoms with Gasteiger partial charge in [0, 0.05) is 11.4 Å². The van der Waals surface area contributed by atoms with E-state index in [0.717, 1.165) is 5.56 Å². The van der Waals surface area contributed by atoms with Gasteiger partial charge in [0.15, 0.2) is 6.10 Å². The van der Waals surface area contributed by atoms with Crippen LogP contribution in [0.2, 0.25) is 0 Å². The van der Waals surface area contributed by atoms with E-state index < -0.39 is 16.1 Å². The maximum absolute atomic E-state index is 12.6. The van der Waals surface area contributed by atoms with Gasteiger partial charge in [-0.2, -0.15) is 0 Å². The molecule has 3 aromatic rings. The Bertz CT molecular complexity index is 1140. The number of amides is 1. The lowest BCUT2D eigenvalue weighted by Crippen LogP contribution is -2.32. The molecule has 8 heteroatoms. The summed E-state index contributed by atoms with van der Waals surface area (Å²) in [6.45, 7) is 3.77. The smallest absolute Gasteiger partial charge is 0.265 e. The Balaban J connectivity index is 1.64. The molecule has 1 amide bonds. The third-order valence-electron chi connectivity index (χ3n) is 4.74. The summed E-state index contributed by atoms with van der Waals surface area (Å²) in [5, 5.41) is 2.77. The van der Waals surface area contributed by atoms with E-state index >= 15 is 0 Å². The Morgan fingerprint density at radius 2 is 1.44 bits per heavy atom. The van der Waals surface area contributed by atoms with Crippen LogP contribution in [0.5, 0.6) is 11.5 Å². The number of hydrogen-bond acceptors (Lipinski definition) is 5. The Hall–Kier alpha value is -3.52. The van der Waals surface area contributed by atoms with Gasteiger partial charge in [0.05, 0.1) is 12.0 Å². The van der Waals surface area contributed by atoms with Crippen molar-refractivity contribution in [2.75, 3.05) is 17.1 Å². The monoisotopic (exact) mass is 454 g/mol. The molecule has 0 aliphatic heterocycles. The third-order valence-corrected chi connectivity index (χ3v) is 6.13. The fourth-order valence-corrected chi connectivity index (χ4v) is 3.98. The van der Waals surface area contributed by atoms with E-state index in [1.165, 1.54) is 12.1 Å². The lowest BCUT2D eigenvalue weighted by molar-refractivity contribution is -0.122. The van der Waals surface area contributed by atoms with Crippen LogP contribution >= 0.6 is 0 Å². The molecule has 32 heavy (non-hydrogen) atoms. The number of benzene rings is 3. The van der Waals surface area contributed by atoms with Gasteiger partial charge in [0.25, 0.3) is 15.9 Å². The molecule has 0 spiro atoms. The van der Waals surface area contributed by atoms with Crippen molar-refractivity contribution in [3.05, 3.63) is 78.4 Å². The minimum Gasteiger partial charge on any atom is -0.497 e. The number of methoxy groups -OCH3 is 1. The zero-order valence-corrected chi connectivity index (χ0v) is 19.0. The van der Waals surface area contributed by atoms with E-state index in [1.807, 2.05) is 26.0 Å². The number of carbonyl (C=O) groups is 1. The number of anilines is 2. The minimum atomic E-state index is -3.74. The number of ether oxygens (including phenoxy) is 2. The maximum Gasteiger partial charge on any atom is 0.265 e. The van der Waals surface area contributed by atoms with Crippen LogP contribution in [0.3, 0.4) is 0 Å². The van der Waals surface area contributed by atoms with Crippen LogP contribution in [0.25, 0.3) is 0 Å². The highest BCUT2D eigenvalue weighted by molar-refractivity contribution is 7.92. The second-order valence-electron chi connectivity index (χ2n) is 7.18. The highest BCUT2D eigenvalue weighted by Crippen LogP contribution is 2.21. The van der Waals surface area contributed by atoms with Crippen LogP contribution in [0.4, 0.5) is 11.4 Å². The molecular formula is C24H26N2O5S. The van der Waals surface area contributed by atoms with E-state index in [0.29, 0.717) is 29.3 Å². The van der Waals surface area contributed by atoms with Gasteiger partial charge in [-0.3, -0.25) is 9.52 Å². The summed E-state index contributed by atoms with van der Waals surface area (Å²) in [5.74, 6) is 0.926. The molecule has 7 nitrogen and oxygen atoms in total. The van der Waals surface area contributed by atoms with Crippen molar-refractivity contribution in [3.8, 4) is 11.5 Å². The van der Waals surface area contributed by atoms with E-state index in [4.69, 9.17) is 9.47 Å². The van der Waals surface area contributed by atoms with E-state index in [9.17, 15) is 13.2 Å². The minimum absolute atomic E-state index is 0.0950. The van der Waals surface area contributed by atoms with Crippen molar-refractivity contribution in [2.24, 2.45) is 0 Å². The van der Waals surface area contributed by atoms with Gasteiger partial charge in [-0.15, -0.1) is 0 Å². The highest BCUT2D eigenvalue weighted by Gasteiger charge is 2.19. The lowest BCUT2D eigenvalue weighted by Gasteiger charge is -2.17. The number of carbonyl (C=O) groups excluding carboxylic acids is 1. The molecule has 1 atom stereocenters. The normalized spacial score (nSPS) is 12.0. The zero-order valence-electron chi connectivity index (χ0n) is 18.2. The molecular weight excluding hydrogens is 428 g/mol. The summed E-state index contributed by atoms with van der Waals surface area (Å²) in [5.41, 5.74) is 1.99. The van der Waals surface area contributed by atoms with Gasteiger partial charge >= 0.3 is 0 Å². The van der Waals surface area contributed by atoms with Crippen LogP contribution in [-0.2, 0) is 14.8 Å². The number of hydrogen-bond donors (Lipinski definition) is 2. The first-order valence-electron chi connectivity index (χ1n) is 10.1. The SMILES string of the molecule is CC[C@H](Oc1ccc(OC)cc1)C(=O)Nc1ccc(S(=O)(=O)Nc2ccc(C)cc2)cc1. The topological polar surface area (TPSA) is 93.7 Å². The summed E-state index contributed by atoms with van der Waals surface area (Å²) in [6.07, 6.45) is -0.236. The van der Waals surface area contributed by atoms with Gasteiger partial charge in [0.2, 0.25) is 0 Å². The first kappa shape index (κ1) is 23.1. The van der Waals surface area contributed by atoms with Crippen LogP contribution in [0.1, 0.15) is 18.9 Å². The quantitative estimate of drug-likeness (QED) is 0.493. The van der Waals surface area contributed by atoms with Crippen LogP contribution in [0, 0.1) is 6.92 Å². The largest absolute Gasteiger partial charge is 0.497 e. The Morgan fingerprint density at radius 1 is 0.875 bits per heavy atom. The average Bonchev–Trinajstić information content (AvgIpc) is 2.79. The molecule has 2 N–H and O–H groups in total. The molecule has 0 unspecified atom stereocenters. The Kier molecular flexibility index (Phi) is 7.37. The third kappa shape index (κ3) is 6.01. The van der Waals surface area contributed by atoms with Crippen molar-refractivity contribution >= 4 is 27.3 Å². The van der Waals surface area contributed by atoms with Crippen molar-refractivity contribution < 1.29 is 22.7 Å². The van der Waals surface area contributed by atoms with Gasteiger partial charge < -0.3 is 14.8 Å². The van der Waals surface area contributed by atoms with E-state index in [1.54, 1.807) is 55.6 Å². The number of aryl methyl sites for hydroxylation is 1. The highest BCUT2D eigenvalue weighted by atomic mass is 32.2. The first-order chi connectivity index (χ1) is 15.3. The van der Waals surface area contributed by atoms with Crippen LogP contribution < -0.4 is 19.5 Å². The zero-order chi connectivity index (χ0) is 23.1. The van der Waals surface area contributed by atoms with Crippen molar-refractivity contribution in [1.82, 2.24) is 0 Å². The number of rotatable bonds is 9. The van der Waals surface area contributed by atoms with Gasteiger partial charge in [-0.05, 0) is 74.0 Å². The Labute approximate surface area is 188 Å². The lowest BCUT2D eigenvalue weighted by atomic mass is 10.2. The molecule has 0 saturated heterocycles. The van der Waals surface area contributed by atoms with E-state index in [-0.39, 0.29) is 10.8 Å². The summed E-state index contributed by atoms with van der Waals surface area (Å²) >= 11 is 0. The van der Waals surface area contributed by atoms with Crippen molar-refractivity contribution in [1.29, 1.82) is 0 Å². The van der Waals surface area contributed by atoms with Crippen molar-refractivity contribution in [2.45, 2.75) is 31.3 Å². The molecule has 0 radical (unpaired) electrons. The van der Waals surface area contributed by atoms with Crippen LogP contribution in [0.15, 0.2) is 77.7 Å². The maximum atomic E-state index is 12.6. The fraction of sp³-hybridized carbons (Fsp3) is 0.208. The number of nitrogens with one attached hydrogen (secondary N) is 2. The molecule has 0 aromatic heterocycles. The standard InChI is InChI=1S/C24H26N2O5S/c1-4-23(31-21-13-11-20(30-3)12-14-21)24(27)25-18-9-15-22(16-10-18)32(28,29)26-19-7-5-17(2)6-8-19/h5-16,23,26H,4H2,1-3H3,(H,25,27)/t23-/m0/s1. The second-order valence-corrected chi connectivity index (χ2v) is 8.86. The summed E-state index contributed by atoms with van der Waals surface area (Å²) < 4.78 is 38.6.